The first-order valence-corrected chi connectivity index (χ1v) is 8.29. The molecule has 1 aromatic heterocycles. The number of hydrogen-bond donors (Lipinski definition) is 0. The van der Waals surface area contributed by atoms with Gasteiger partial charge in [0.1, 0.15) is 0 Å². The Balaban J connectivity index is 1.73. The Labute approximate surface area is 116 Å². The lowest BCUT2D eigenvalue weighted by Crippen LogP contribution is -2.13. The molecule has 1 heterocycles. The Bertz CT molecular complexity index is 413. The number of aromatic nitrogens is 1. The second kappa shape index (κ2) is 6.06. The molecule has 1 saturated carbocycles. The van der Waals surface area contributed by atoms with Crippen LogP contribution in [0.2, 0.25) is 0 Å². The van der Waals surface area contributed by atoms with Crippen LogP contribution in [0.3, 0.4) is 0 Å². The van der Waals surface area contributed by atoms with Gasteiger partial charge in [-0.2, -0.15) is 11.8 Å². The van der Waals surface area contributed by atoms with E-state index in [-0.39, 0.29) is 11.4 Å². The Morgan fingerprint density at radius 1 is 1.61 bits per heavy atom. The van der Waals surface area contributed by atoms with Crippen LogP contribution in [0.1, 0.15) is 36.9 Å². The van der Waals surface area contributed by atoms with E-state index in [0.29, 0.717) is 6.42 Å². The summed E-state index contributed by atoms with van der Waals surface area (Å²) in [6.07, 6.45) is 3.91. The minimum atomic E-state index is -0.0740. The number of ether oxygens (including phenoxy) is 1. The summed E-state index contributed by atoms with van der Waals surface area (Å²) in [5, 5.41) is 3.35. The lowest BCUT2D eigenvalue weighted by Gasteiger charge is -2.12. The zero-order valence-electron chi connectivity index (χ0n) is 10.9. The third-order valence-corrected chi connectivity index (χ3v) is 5.62. The summed E-state index contributed by atoms with van der Waals surface area (Å²) in [4.78, 5) is 15.9. The normalized spacial score (nSPS) is 16.6. The van der Waals surface area contributed by atoms with Crippen molar-refractivity contribution in [2.45, 2.75) is 38.4 Å². The predicted molar refractivity (Wildman–Crippen MR) is 76.0 cm³/mol. The van der Waals surface area contributed by atoms with Crippen molar-refractivity contribution < 1.29 is 9.53 Å². The highest BCUT2D eigenvalue weighted by Gasteiger charge is 2.44. The van der Waals surface area contributed by atoms with Crippen LogP contribution in [-0.4, -0.2) is 23.8 Å². The van der Waals surface area contributed by atoms with E-state index in [2.05, 4.69) is 17.3 Å². The van der Waals surface area contributed by atoms with Crippen LogP contribution in [0, 0.1) is 5.41 Å². The van der Waals surface area contributed by atoms with Crippen molar-refractivity contribution >= 4 is 29.1 Å². The first kappa shape index (κ1) is 13.9. The Hall–Kier alpha value is -0.550. The number of carbonyl (C=O) groups excluding carboxylic acids is 1. The fourth-order valence-corrected chi connectivity index (χ4v) is 4.01. The molecule has 0 radical (unpaired) electrons. The van der Waals surface area contributed by atoms with Gasteiger partial charge in [-0.25, -0.2) is 4.98 Å². The molecule has 18 heavy (non-hydrogen) atoms. The van der Waals surface area contributed by atoms with Gasteiger partial charge in [0.15, 0.2) is 0 Å². The number of hydrogen-bond acceptors (Lipinski definition) is 5. The molecule has 0 N–H and O–H groups in total. The number of aryl methyl sites for hydroxylation is 1. The van der Waals surface area contributed by atoms with Gasteiger partial charge in [-0.1, -0.05) is 6.92 Å². The van der Waals surface area contributed by atoms with E-state index in [4.69, 9.17) is 4.74 Å². The summed E-state index contributed by atoms with van der Waals surface area (Å²) >= 11 is 3.63. The minimum Gasteiger partial charge on any atom is -0.469 e. The summed E-state index contributed by atoms with van der Waals surface area (Å²) in [6.45, 7) is 2.13. The molecule has 0 aromatic carbocycles. The monoisotopic (exact) mass is 285 g/mol. The summed E-state index contributed by atoms with van der Waals surface area (Å²) in [7, 11) is 1.47. The number of rotatable bonds is 7. The van der Waals surface area contributed by atoms with Crippen LogP contribution in [-0.2, 0) is 21.7 Å². The van der Waals surface area contributed by atoms with Gasteiger partial charge in [0.25, 0.3) is 0 Å². The number of esters is 1. The van der Waals surface area contributed by atoms with Crippen molar-refractivity contribution in [1.82, 2.24) is 4.98 Å². The van der Waals surface area contributed by atoms with Crippen LogP contribution >= 0.6 is 23.1 Å². The van der Waals surface area contributed by atoms with E-state index in [0.717, 1.165) is 30.8 Å². The smallest absolute Gasteiger partial charge is 0.306 e. The zero-order valence-corrected chi connectivity index (χ0v) is 12.5. The summed E-state index contributed by atoms with van der Waals surface area (Å²) in [6, 6.07) is 0. The highest BCUT2D eigenvalue weighted by atomic mass is 32.2. The van der Waals surface area contributed by atoms with Crippen molar-refractivity contribution in [3.05, 3.63) is 16.1 Å². The van der Waals surface area contributed by atoms with E-state index in [1.54, 1.807) is 11.3 Å². The van der Waals surface area contributed by atoms with E-state index in [1.165, 1.54) is 17.8 Å². The van der Waals surface area contributed by atoms with Crippen molar-refractivity contribution in [3.8, 4) is 0 Å². The van der Waals surface area contributed by atoms with Crippen LogP contribution in [0.25, 0.3) is 0 Å². The molecule has 5 heteroatoms. The average Bonchev–Trinajstić information content (AvgIpc) is 2.97. The molecular weight excluding hydrogens is 266 g/mol. The van der Waals surface area contributed by atoms with Crippen LogP contribution in [0.5, 0.6) is 0 Å². The molecule has 0 amide bonds. The molecule has 2 rings (SSSR count). The molecule has 1 aliphatic carbocycles. The Morgan fingerprint density at radius 3 is 2.94 bits per heavy atom. The molecule has 0 aliphatic heterocycles. The van der Waals surface area contributed by atoms with E-state index in [1.807, 2.05) is 11.8 Å². The van der Waals surface area contributed by atoms with Crippen LogP contribution < -0.4 is 0 Å². The highest BCUT2D eigenvalue weighted by molar-refractivity contribution is 7.98. The van der Waals surface area contributed by atoms with Gasteiger partial charge >= 0.3 is 5.97 Å². The van der Waals surface area contributed by atoms with Crippen molar-refractivity contribution in [1.29, 1.82) is 0 Å². The van der Waals surface area contributed by atoms with Gasteiger partial charge in [-0.3, -0.25) is 4.79 Å². The summed E-state index contributed by atoms with van der Waals surface area (Å²) < 4.78 is 4.75. The third kappa shape index (κ3) is 3.72. The quantitative estimate of drug-likeness (QED) is 0.721. The van der Waals surface area contributed by atoms with Gasteiger partial charge in [0, 0.05) is 11.1 Å². The first-order chi connectivity index (χ1) is 8.67. The maximum atomic E-state index is 11.3. The molecule has 1 fully saturated rings. The number of carbonyl (C=O) groups is 1. The molecule has 0 atom stereocenters. The molecule has 3 nitrogen and oxygen atoms in total. The highest BCUT2D eigenvalue weighted by Crippen LogP contribution is 2.51. The largest absolute Gasteiger partial charge is 0.469 e. The van der Waals surface area contributed by atoms with E-state index >= 15 is 0 Å². The maximum absolute atomic E-state index is 11.3. The van der Waals surface area contributed by atoms with Gasteiger partial charge in [-0.05, 0) is 30.4 Å². The van der Waals surface area contributed by atoms with E-state index < -0.39 is 0 Å². The summed E-state index contributed by atoms with van der Waals surface area (Å²) in [5.41, 5.74) is 1.40. The number of methoxy groups -OCH3 is 1. The maximum Gasteiger partial charge on any atom is 0.306 e. The summed E-state index contributed by atoms with van der Waals surface area (Å²) in [5.74, 6) is 1.93. The second-order valence-corrected chi connectivity index (χ2v) is 6.76. The second-order valence-electron chi connectivity index (χ2n) is 4.83. The lowest BCUT2D eigenvalue weighted by molar-refractivity contribution is -0.141. The molecule has 0 saturated heterocycles. The third-order valence-electron chi connectivity index (χ3n) is 3.26. The van der Waals surface area contributed by atoms with Crippen LogP contribution in [0.15, 0.2) is 5.38 Å². The average molecular weight is 285 g/mol. The fraction of sp³-hybridized carbons (Fsp3) is 0.692. The van der Waals surface area contributed by atoms with Gasteiger partial charge < -0.3 is 4.74 Å². The van der Waals surface area contributed by atoms with Crippen molar-refractivity contribution in [2.75, 3.05) is 12.9 Å². The number of nitrogens with zero attached hydrogens (tertiary/aromatic N) is 1. The fourth-order valence-electron chi connectivity index (χ4n) is 1.88. The number of thiazole rings is 1. The first-order valence-electron chi connectivity index (χ1n) is 6.25. The lowest BCUT2D eigenvalue weighted by atomic mass is 10.1. The molecule has 1 aromatic rings. The van der Waals surface area contributed by atoms with E-state index in [9.17, 15) is 4.79 Å². The SMILES string of the molecule is CCc1nc(CSCC2(CC(=O)OC)CC2)cs1. The van der Waals surface area contributed by atoms with Crippen molar-refractivity contribution in [3.63, 3.8) is 0 Å². The molecule has 1 aliphatic rings. The van der Waals surface area contributed by atoms with Gasteiger partial charge in [-0.15, -0.1) is 11.3 Å². The van der Waals surface area contributed by atoms with Gasteiger partial charge in [0.05, 0.1) is 24.2 Å². The van der Waals surface area contributed by atoms with Crippen molar-refractivity contribution in [2.24, 2.45) is 5.41 Å². The topological polar surface area (TPSA) is 39.2 Å². The standard InChI is InChI=1S/C13H19NO2S2/c1-3-11-14-10(8-18-11)7-17-9-13(4-5-13)6-12(15)16-2/h8H,3-7,9H2,1-2H3. The van der Waals surface area contributed by atoms with Crippen LogP contribution in [0.4, 0.5) is 0 Å². The molecule has 100 valence electrons. The minimum absolute atomic E-state index is 0.0740. The van der Waals surface area contributed by atoms with Gasteiger partial charge in [0.2, 0.25) is 0 Å². The molecular formula is C13H19NO2S2. The zero-order chi connectivity index (χ0) is 13.0. The molecule has 0 spiro atoms. The molecule has 0 bridgehead atoms. The predicted octanol–water partition coefficient (Wildman–Crippen LogP) is 3.28. The Morgan fingerprint density at radius 2 is 2.39 bits per heavy atom. The molecule has 0 unspecified atom stereocenters. The Kier molecular flexibility index (Phi) is 4.67. The number of thioether (sulfide) groups is 1.